The van der Waals surface area contributed by atoms with Crippen molar-refractivity contribution in [1.29, 1.82) is 0 Å². The summed E-state index contributed by atoms with van der Waals surface area (Å²) in [5.74, 6) is 1.58. The number of nitrogens with zero attached hydrogens (tertiary/aromatic N) is 2. The highest BCUT2D eigenvalue weighted by atomic mass is 79.9. The molecule has 0 spiro atoms. The van der Waals surface area contributed by atoms with E-state index in [0.717, 1.165) is 12.8 Å². The lowest BCUT2D eigenvalue weighted by molar-refractivity contribution is -0.384. The van der Waals surface area contributed by atoms with Gasteiger partial charge >= 0.3 is 0 Å². The van der Waals surface area contributed by atoms with E-state index in [9.17, 15) is 14.9 Å². The Kier molecular flexibility index (Phi) is 4.82. The van der Waals surface area contributed by atoms with Crippen LogP contribution < -0.4 is 5.43 Å². The van der Waals surface area contributed by atoms with Crippen molar-refractivity contribution in [2.75, 3.05) is 0 Å². The Hall–Kier alpha value is -2.48. The van der Waals surface area contributed by atoms with Gasteiger partial charge < -0.3 is 4.42 Å². The normalized spacial score (nSPS) is 26.1. The van der Waals surface area contributed by atoms with Crippen molar-refractivity contribution in [1.82, 2.24) is 5.43 Å². The lowest BCUT2D eigenvalue weighted by Gasteiger charge is -2.15. The smallest absolute Gasteiger partial charge is 0.270 e. The summed E-state index contributed by atoms with van der Waals surface area (Å²) < 4.78 is 6.29. The number of rotatable bonds is 5. The van der Waals surface area contributed by atoms with E-state index in [1.807, 2.05) is 0 Å². The maximum atomic E-state index is 12.4. The van der Waals surface area contributed by atoms with E-state index in [4.69, 9.17) is 4.42 Å². The summed E-state index contributed by atoms with van der Waals surface area (Å²) in [6, 6.07) is 7.97. The molecule has 3 atom stereocenters. The van der Waals surface area contributed by atoms with E-state index in [2.05, 4.69) is 33.4 Å². The van der Waals surface area contributed by atoms with Crippen LogP contribution in [0.25, 0.3) is 11.3 Å². The number of nitro groups is 1. The topological polar surface area (TPSA) is 97.7 Å². The molecule has 0 bridgehead atoms. The van der Waals surface area contributed by atoms with Crippen LogP contribution in [0.2, 0.25) is 0 Å². The first-order valence-corrected chi connectivity index (χ1v) is 10.1. The van der Waals surface area contributed by atoms with Crippen LogP contribution in [-0.4, -0.2) is 17.0 Å². The molecule has 4 rings (SSSR count). The number of hydrazone groups is 1. The van der Waals surface area contributed by atoms with Gasteiger partial charge in [0.1, 0.15) is 11.5 Å². The molecule has 0 radical (unpaired) electrons. The molecule has 0 unspecified atom stereocenters. The molecule has 2 aromatic rings. The number of nitro benzene ring substituents is 1. The predicted octanol–water partition coefficient (Wildman–Crippen LogP) is 4.89. The number of halogens is 1. The number of hydrogen-bond donors (Lipinski definition) is 1. The second-order valence-electron chi connectivity index (χ2n) is 7.69. The fourth-order valence-corrected chi connectivity index (χ4v) is 5.03. The van der Waals surface area contributed by atoms with Gasteiger partial charge in [-0.3, -0.25) is 14.9 Å². The highest BCUT2D eigenvalue weighted by Gasteiger charge is 2.64. The third kappa shape index (κ3) is 3.37. The fourth-order valence-electron chi connectivity index (χ4n) is 4.46. The van der Waals surface area contributed by atoms with Crippen molar-refractivity contribution < 1.29 is 14.1 Å². The molecular weight excluding hydrogens is 426 g/mol. The van der Waals surface area contributed by atoms with Gasteiger partial charge in [-0.15, -0.1) is 0 Å². The van der Waals surface area contributed by atoms with E-state index < -0.39 is 4.92 Å². The van der Waals surface area contributed by atoms with E-state index in [0.29, 0.717) is 27.5 Å². The maximum Gasteiger partial charge on any atom is 0.270 e. The minimum absolute atomic E-state index is 0.000943. The zero-order valence-electron chi connectivity index (χ0n) is 15.4. The van der Waals surface area contributed by atoms with Crippen LogP contribution in [-0.2, 0) is 4.79 Å². The van der Waals surface area contributed by atoms with Crippen LogP contribution in [0.4, 0.5) is 5.69 Å². The molecule has 0 saturated heterocycles. The molecule has 1 heterocycles. The minimum atomic E-state index is -0.451. The largest absolute Gasteiger partial charge is 0.455 e. The number of benzene rings is 1. The standard InChI is InChI=1S/C20H20BrN3O4/c1-20-9-3-2-4-15(20)18(20)19(25)23-22-11-13-6-8-17(28-13)14-7-5-12(24(26)27)10-16(14)21/h5-8,10-11,15,18H,2-4,9H2,1H3,(H,23,25)/b22-11-/t15-,18+,20+/m1/s1. The molecule has 7 nitrogen and oxygen atoms in total. The van der Waals surface area contributed by atoms with Gasteiger partial charge in [0.25, 0.3) is 5.69 Å². The highest BCUT2D eigenvalue weighted by Crippen LogP contribution is 2.66. The average Bonchev–Trinajstić information content (AvgIpc) is 3.03. The number of amides is 1. The van der Waals surface area contributed by atoms with Gasteiger partial charge in [0, 0.05) is 28.1 Å². The quantitative estimate of drug-likeness (QED) is 0.402. The molecule has 1 aromatic carbocycles. The van der Waals surface area contributed by atoms with Gasteiger partial charge in [-0.05, 0) is 58.3 Å². The van der Waals surface area contributed by atoms with Gasteiger partial charge in [-0.25, -0.2) is 5.43 Å². The zero-order chi connectivity index (χ0) is 19.9. The highest BCUT2D eigenvalue weighted by molar-refractivity contribution is 9.10. The molecule has 1 amide bonds. The fraction of sp³-hybridized carbons (Fsp3) is 0.400. The second kappa shape index (κ2) is 7.16. The molecule has 28 heavy (non-hydrogen) atoms. The van der Waals surface area contributed by atoms with Gasteiger partial charge in [-0.1, -0.05) is 19.8 Å². The first-order valence-electron chi connectivity index (χ1n) is 9.27. The molecule has 1 aromatic heterocycles. The van der Waals surface area contributed by atoms with E-state index >= 15 is 0 Å². The van der Waals surface area contributed by atoms with Crippen LogP contribution in [0.15, 0.2) is 44.3 Å². The number of nitrogens with one attached hydrogen (secondary N) is 1. The molecule has 2 aliphatic rings. The van der Waals surface area contributed by atoms with Crippen molar-refractivity contribution in [2.24, 2.45) is 22.4 Å². The number of carbonyl (C=O) groups is 1. The zero-order valence-corrected chi connectivity index (χ0v) is 16.9. The molecule has 2 fully saturated rings. The molecule has 2 aliphatic carbocycles. The Morgan fingerprint density at radius 2 is 2.21 bits per heavy atom. The van der Waals surface area contributed by atoms with Crippen LogP contribution in [0.5, 0.6) is 0 Å². The SMILES string of the molecule is C[C@]12CCCC[C@@H]1[C@H]2C(=O)N/N=C\c1ccc(-c2ccc([N+](=O)[O-])cc2Br)o1. The summed E-state index contributed by atoms with van der Waals surface area (Å²) in [6.07, 6.45) is 6.12. The van der Waals surface area contributed by atoms with Crippen molar-refractivity contribution in [2.45, 2.75) is 32.6 Å². The molecular formula is C20H20BrN3O4. The van der Waals surface area contributed by atoms with E-state index in [1.165, 1.54) is 31.2 Å². The van der Waals surface area contributed by atoms with Crippen molar-refractivity contribution in [3.63, 3.8) is 0 Å². The van der Waals surface area contributed by atoms with Crippen molar-refractivity contribution in [3.8, 4) is 11.3 Å². The monoisotopic (exact) mass is 445 g/mol. The number of furan rings is 1. The number of fused-ring (bicyclic) bond motifs is 1. The van der Waals surface area contributed by atoms with Crippen molar-refractivity contribution >= 4 is 33.7 Å². The number of carbonyl (C=O) groups excluding carboxylic acids is 1. The Morgan fingerprint density at radius 1 is 1.39 bits per heavy atom. The summed E-state index contributed by atoms with van der Waals surface area (Å²) >= 11 is 3.34. The number of hydrogen-bond acceptors (Lipinski definition) is 5. The average molecular weight is 446 g/mol. The molecule has 2 saturated carbocycles. The maximum absolute atomic E-state index is 12.4. The molecule has 1 N–H and O–H groups in total. The van der Waals surface area contributed by atoms with Gasteiger partial charge in [0.15, 0.2) is 0 Å². The van der Waals surface area contributed by atoms with Crippen LogP contribution in [0.3, 0.4) is 0 Å². The van der Waals surface area contributed by atoms with Crippen LogP contribution >= 0.6 is 15.9 Å². The molecule has 8 heteroatoms. The summed E-state index contributed by atoms with van der Waals surface area (Å²) in [6.45, 7) is 2.20. The summed E-state index contributed by atoms with van der Waals surface area (Å²) in [5.41, 5.74) is 3.49. The van der Waals surface area contributed by atoms with Gasteiger partial charge in [0.2, 0.25) is 5.91 Å². The van der Waals surface area contributed by atoms with E-state index in [1.54, 1.807) is 18.2 Å². The van der Waals surface area contributed by atoms with Gasteiger partial charge in [0.05, 0.1) is 11.1 Å². The Labute approximate surface area is 170 Å². The van der Waals surface area contributed by atoms with Crippen LogP contribution in [0, 0.1) is 27.4 Å². The lowest BCUT2D eigenvalue weighted by Crippen LogP contribution is -2.22. The number of non-ortho nitro benzene ring substituents is 1. The minimum Gasteiger partial charge on any atom is -0.455 e. The van der Waals surface area contributed by atoms with Crippen LogP contribution in [0.1, 0.15) is 38.4 Å². The second-order valence-corrected chi connectivity index (χ2v) is 8.55. The summed E-state index contributed by atoms with van der Waals surface area (Å²) in [5, 5.41) is 14.9. The Balaban J connectivity index is 1.40. The Bertz CT molecular complexity index is 970. The first kappa shape index (κ1) is 18.9. The summed E-state index contributed by atoms with van der Waals surface area (Å²) in [4.78, 5) is 22.8. The van der Waals surface area contributed by atoms with E-state index in [-0.39, 0.29) is 22.9 Å². The lowest BCUT2D eigenvalue weighted by atomic mass is 9.90. The van der Waals surface area contributed by atoms with Crippen molar-refractivity contribution in [3.05, 3.63) is 50.7 Å². The predicted molar refractivity (Wildman–Crippen MR) is 108 cm³/mol. The van der Waals surface area contributed by atoms with Gasteiger partial charge in [-0.2, -0.15) is 5.10 Å². The summed E-state index contributed by atoms with van der Waals surface area (Å²) in [7, 11) is 0. The molecule has 146 valence electrons. The Morgan fingerprint density at radius 3 is 2.89 bits per heavy atom. The molecule has 0 aliphatic heterocycles. The third-order valence-corrected chi connectivity index (χ3v) is 6.69. The third-order valence-electron chi connectivity index (χ3n) is 6.04. The first-order chi connectivity index (χ1) is 13.4.